The molecule has 0 aliphatic carbocycles. The van der Waals surface area contributed by atoms with Crippen molar-refractivity contribution < 1.29 is 15.0 Å². The van der Waals surface area contributed by atoms with E-state index in [2.05, 4.69) is 39.9 Å². The van der Waals surface area contributed by atoms with Gasteiger partial charge in [0.25, 0.3) is 0 Å². The van der Waals surface area contributed by atoms with Gasteiger partial charge in [-0.05, 0) is 25.1 Å². The molecule has 1 aromatic carbocycles. The second kappa shape index (κ2) is 6.72. The summed E-state index contributed by atoms with van der Waals surface area (Å²) >= 11 is 0. The van der Waals surface area contributed by atoms with Crippen molar-refractivity contribution >= 4 is 22.6 Å². The van der Waals surface area contributed by atoms with E-state index in [-0.39, 0.29) is 0 Å². The van der Waals surface area contributed by atoms with E-state index in [1.165, 1.54) is 22.9 Å². The van der Waals surface area contributed by atoms with Crippen molar-refractivity contribution in [3.8, 4) is 0 Å². The first-order chi connectivity index (χ1) is 9.66. The Hall–Kier alpha value is -2.34. The SMILES string of the molecule is O=C(O)O.c1cc(N[C@@H]2CCNC2)c2ccncc2c1. The molecule has 1 aliphatic heterocycles. The molecule has 0 unspecified atom stereocenters. The first-order valence-electron chi connectivity index (χ1n) is 6.38. The summed E-state index contributed by atoms with van der Waals surface area (Å²) in [6.45, 7) is 2.17. The van der Waals surface area contributed by atoms with Crippen molar-refractivity contribution in [1.82, 2.24) is 10.3 Å². The molecule has 0 saturated carbocycles. The predicted octanol–water partition coefficient (Wildman–Crippen LogP) is 2.23. The van der Waals surface area contributed by atoms with Crippen molar-refractivity contribution in [2.75, 3.05) is 18.4 Å². The van der Waals surface area contributed by atoms with E-state index in [4.69, 9.17) is 15.0 Å². The van der Waals surface area contributed by atoms with Crippen LogP contribution in [0.2, 0.25) is 0 Å². The van der Waals surface area contributed by atoms with Gasteiger partial charge in [0.1, 0.15) is 0 Å². The normalized spacial score (nSPS) is 17.3. The third-order valence-corrected chi connectivity index (χ3v) is 3.10. The van der Waals surface area contributed by atoms with E-state index >= 15 is 0 Å². The molecule has 0 radical (unpaired) electrons. The quantitative estimate of drug-likeness (QED) is 0.671. The molecule has 2 aromatic rings. The smallest absolute Gasteiger partial charge is 0.450 e. The van der Waals surface area contributed by atoms with Crippen molar-refractivity contribution in [3.63, 3.8) is 0 Å². The molecular weight excluding hydrogens is 258 g/mol. The second-order valence-electron chi connectivity index (χ2n) is 4.52. The molecule has 2 heterocycles. The second-order valence-corrected chi connectivity index (χ2v) is 4.52. The molecule has 1 saturated heterocycles. The van der Waals surface area contributed by atoms with Gasteiger partial charge < -0.3 is 20.8 Å². The number of carboxylic acid groups (broad SMARTS) is 2. The van der Waals surface area contributed by atoms with E-state index in [9.17, 15) is 0 Å². The largest absolute Gasteiger partial charge is 0.503 e. The highest BCUT2D eigenvalue weighted by Gasteiger charge is 2.14. The van der Waals surface area contributed by atoms with Crippen molar-refractivity contribution in [1.29, 1.82) is 0 Å². The molecule has 20 heavy (non-hydrogen) atoms. The molecule has 1 atom stereocenters. The van der Waals surface area contributed by atoms with Crippen molar-refractivity contribution in [3.05, 3.63) is 36.7 Å². The highest BCUT2D eigenvalue weighted by Crippen LogP contribution is 2.23. The number of rotatable bonds is 2. The average Bonchev–Trinajstić information content (AvgIpc) is 2.91. The maximum Gasteiger partial charge on any atom is 0.503 e. The number of aromatic nitrogens is 1. The molecular formula is C14H17N3O3. The standard InChI is InChI=1S/C13H15N3.CH2O3/c1-2-10-8-14-7-5-12(10)13(3-1)16-11-4-6-15-9-11;2-1(3)4/h1-3,5,7-8,11,15-16H,4,6,9H2;(H2,2,3,4)/t11-;/m1./s1. The fourth-order valence-corrected chi connectivity index (χ4v) is 2.25. The third-order valence-electron chi connectivity index (χ3n) is 3.10. The number of pyridine rings is 1. The van der Waals surface area contributed by atoms with Gasteiger partial charge in [-0.1, -0.05) is 12.1 Å². The monoisotopic (exact) mass is 275 g/mol. The lowest BCUT2D eigenvalue weighted by atomic mass is 10.1. The minimum Gasteiger partial charge on any atom is -0.450 e. The van der Waals surface area contributed by atoms with Crippen LogP contribution in [0.1, 0.15) is 6.42 Å². The minimum atomic E-state index is -1.83. The third kappa shape index (κ3) is 3.83. The van der Waals surface area contributed by atoms with E-state index in [0.717, 1.165) is 13.1 Å². The zero-order chi connectivity index (χ0) is 14.4. The average molecular weight is 275 g/mol. The Morgan fingerprint density at radius 3 is 2.85 bits per heavy atom. The Morgan fingerprint density at radius 1 is 1.35 bits per heavy atom. The first kappa shape index (κ1) is 14.1. The van der Waals surface area contributed by atoms with E-state index in [0.29, 0.717) is 6.04 Å². The maximum atomic E-state index is 8.56. The highest BCUT2D eigenvalue weighted by atomic mass is 16.6. The maximum absolute atomic E-state index is 8.56. The Bertz CT molecular complexity index is 573. The Balaban J connectivity index is 0.000000328. The van der Waals surface area contributed by atoms with Gasteiger partial charge in [0.05, 0.1) is 0 Å². The van der Waals surface area contributed by atoms with Gasteiger partial charge >= 0.3 is 6.16 Å². The number of carbonyl (C=O) groups is 1. The molecule has 4 N–H and O–H groups in total. The summed E-state index contributed by atoms with van der Waals surface area (Å²) in [7, 11) is 0. The summed E-state index contributed by atoms with van der Waals surface area (Å²) in [5.74, 6) is 0. The van der Waals surface area contributed by atoms with Crippen LogP contribution in [0.4, 0.5) is 10.5 Å². The van der Waals surface area contributed by atoms with Crippen molar-refractivity contribution in [2.24, 2.45) is 0 Å². The van der Waals surface area contributed by atoms with Crippen LogP contribution in [0.3, 0.4) is 0 Å². The molecule has 1 aliphatic rings. The molecule has 1 aromatic heterocycles. The van der Waals surface area contributed by atoms with E-state index in [1.54, 1.807) is 0 Å². The molecule has 106 valence electrons. The lowest BCUT2D eigenvalue weighted by molar-refractivity contribution is 0.137. The molecule has 1 fully saturated rings. The van der Waals surface area contributed by atoms with Gasteiger partial charge in [0, 0.05) is 41.4 Å². The lowest BCUT2D eigenvalue weighted by Gasteiger charge is -2.14. The Labute approximate surface area is 116 Å². The van der Waals surface area contributed by atoms with Crippen LogP contribution >= 0.6 is 0 Å². The van der Waals surface area contributed by atoms with Gasteiger partial charge in [0.15, 0.2) is 0 Å². The van der Waals surface area contributed by atoms with Gasteiger partial charge in [-0.25, -0.2) is 4.79 Å². The number of hydrogen-bond donors (Lipinski definition) is 4. The summed E-state index contributed by atoms with van der Waals surface area (Å²) < 4.78 is 0. The first-order valence-corrected chi connectivity index (χ1v) is 6.38. The summed E-state index contributed by atoms with van der Waals surface area (Å²) in [6.07, 6.45) is 3.12. The number of fused-ring (bicyclic) bond motifs is 1. The van der Waals surface area contributed by atoms with Gasteiger partial charge in [-0.3, -0.25) is 4.98 Å². The summed E-state index contributed by atoms with van der Waals surface area (Å²) in [5.41, 5.74) is 1.22. The summed E-state index contributed by atoms with van der Waals surface area (Å²) in [6, 6.07) is 8.94. The van der Waals surface area contributed by atoms with Gasteiger partial charge in [0.2, 0.25) is 0 Å². The number of nitrogens with one attached hydrogen (secondary N) is 2. The number of nitrogens with zero attached hydrogens (tertiary/aromatic N) is 1. The minimum absolute atomic E-state index is 0.554. The fourth-order valence-electron chi connectivity index (χ4n) is 2.25. The van der Waals surface area contributed by atoms with Crippen LogP contribution < -0.4 is 10.6 Å². The molecule has 6 nitrogen and oxygen atoms in total. The van der Waals surface area contributed by atoms with Crippen LogP contribution in [-0.4, -0.2) is 40.5 Å². The van der Waals surface area contributed by atoms with Crippen LogP contribution in [0.25, 0.3) is 10.8 Å². The number of hydrogen-bond acceptors (Lipinski definition) is 4. The van der Waals surface area contributed by atoms with Crippen LogP contribution in [0.5, 0.6) is 0 Å². The van der Waals surface area contributed by atoms with Crippen LogP contribution in [-0.2, 0) is 0 Å². The van der Waals surface area contributed by atoms with Crippen LogP contribution in [0, 0.1) is 0 Å². The topological polar surface area (TPSA) is 94.5 Å². The molecule has 0 amide bonds. The van der Waals surface area contributed by atoms with Gasteiger partial charge in [-0.2, -0.15) is 0 Å². The lowest BCUT2D eigenvalue weighted by Crippen LogP contribution is -2.22. The molecule has 6 heteroatoms. The Kier molecular flexibility index (Phi) is 4.73. The zero-order valence-electron chi connectivity index (χ0n) is 10.9. The van der Waals surface area contributed by atoms with E-state index in [1.807, 2.05) is 12.4 Å². The van der Waals surface area contributed by atoms with Crippen LogP contribution in [0.15, 0.2) is 36.7 Å². The van der Waals surface area contributed by atoms with E-state index < -0.39 is 6.16 Å². The van der Waals surface area contributed by atoms with Crippen molar-refractivity contribution in [2.45, 2.75) is 12.5 Å². The fraction of sp³-hybridized carbons (Fsp3) is 0.286. The highest BCUT2D eigenvalue weighted by molar-refractivity contribution is 5.93. The summed E-state index contributed by atoms with van der Waals surface area (Å²) in [4.78, 5) is 12.7. The number of anilines is 1. The zero-order valence-corrected chi connectivity index (χ0v) is 10.9. The summed E-state index contributed by atoms with van der Waals surface area (Å²) in [5, 5.41) is 23.4. The number of benzene rings is 1. The predicted molar refractivity (Wildman–Crippen MR) is 77.3 cm³/mol. The molecule has 0 spiro atoms. The van der Waals surface area contributed by atoms with Gasteiger partial charge in [-0.15, -0.1) is 0 Å². The Morgan fingerprint density at radius 2 is 2.15 bits per heavy atom. The molecule has 0 bridgehead atoms. The molecule has 3 rings (SSSR count).